The predicted octanol–water partition coefficient (Wildman–Crippen LogP) is 2.45. The van der Waals surface area contributed by atoms with Gasteiger partial charge in [-0.3, -0.25) is 0 Å². The lowest BCUT2D eigenvalue weighted by Crippen LogP contribution is -2.40. The van der Waals surface area contributed by atoms with Gasteiger partial charge in [0.2, 0.25) is 0 Å². The second-order valence-corrected chi connectivity index (χ2v) is 4.51. The summed E-state index contributed by atoms with van der Waals surface area (Å²) < 4.78 is 13.1. The molecule has 0 bridgehead atoms. The molecule has 0 saturated carbocycles. The minimum atomic E-state index is -0.626. The van der Waals surface area contributed by atoms with Gasteiger partial charge in [-0.2, -0.15) is 0 Å². The number of nitrogens with two attached hydrogens (primary N) is 1. The smallest absolute Gasteiger partial charge is 0.191 e. The number of halogens is 2. The monoisotopic (exact) mass is 379 g/mol. The number of hydrogen-bond acceptors (Lipinski definition) is 2. The van der Waals surface area contributed by atoms with Crippen LogP contribution >= 0.6 is 24.0 Å². The van der Waals surface area contributed by atoms with Crippen LogP contribution < -0.4 is 5.73 Å². The van der Waals surface area contributed by atoms with Crippen molar-refractivity contribution in [3.8, 4) is 5.75 Å². The van der Waals surface area contributed by atoms with Crippen molar-refractivity contribution in [1.82, 2.24) is 4.90 Å². The van der Waals surface area contributed by atoms with Crippen LogP contribution in [-0.4, -0.2) is 29.1 Å². The van der Waals surface area contributed by atoms with Crippen molar-refractivity contribution in [2.75, 3.05) is 13.1 Å². The number of hydrogen-bond donors (Lipinski definition) is 2. The molecule has 1 aliphatic heterocycles. The van der Waals surface area contributed by atoms with E-state index >= 15 is 0 Å². The zero-order valence-corrected chi connectivity index (χ0v) is 13.0. The second kappa shape index (κ2) is 7.52. The highest BCUT2D eigenvalue weighted by Gasteiger charge is 2.11. The van der Waals surface area contributed by atoms with Crippen LogP contribution in [0.3, 0.4) is 0 Å². The first-order valence-corrected chi connectivity index (χ1v) is 6.19. The lowest BCUT2D eigenvalue weighted by Gasteiger charge is -2.27. The van der Waals surface area contributed by atoms with E-state index in [0.717, 1.165) is 25.9 Å². The van der Waals surface area contributed by atoms with Gasteiger partial charge in [-0.25, -0.2) is 9.38 Å². The Morgan fingerprint density at radius 1 is 1.32 bits per heavy atom. The largest absolute Gasteiger partial charge is 0.505 e. The van der Waals surface area contributed by atoms with Gasteiger partial charge in [0, 0.05) is 13.1 Å². The zero-order valence-electron chi connectivity index (χ0n) is 10.7. The Balaban J connectivity index is 0.00000180. The third-order valence-corrected chi connectivity index (χ3v) is 3.12. The summed E-state index contributed by atoms with van der Waals surface area (Å²) in [5.74, 6) is -0.450. The Hall–Kier alpha value is -1.05. The molecule has 0 radical (unpaired) electrons. The van der Waals surface area contributed by atoms with E-state index in [1.54, 1.807) is 6.07 Å². The number of aromatic hydroxyl groups is 1. The van der Waals surface area contributed by atoms with Crippen LogP contribution in [0, 0.1) is 5.82 Å². The summed E-state index contributed by atoms with van der Waals surface area (Å²) in [6.45, 7) is 2.22. The first kappa shape index (κ1) is 16.0. The highest BCUT2D eigenvalue weighted by Crippen LogP contribution is 2.16. The molecule has 1 aromatic rings. The van der Waals surface area contributed by atoms with Crippen molar-refractivity contribution in [2.24, 2.45) is 10.7 Å². The molecular formula is C13H19FIN3O. The molecule has 3 N–H and O–H groups in total. The summed E-state index contributed by atoms with van der Waals surface area (Å²) in [6, 6.07) is 4.25. The molecule has 0 aromatic heterocycles. The number of benzene rings is 1. The molecule has 106 valence electrons. The summed E-state index contributed by atoms with van der Waals surface area (Å²) in [6.07, 6.45) is 3.53. The van der Waals surface area contributed by atoms with Gasteiger partial charge < -0.3 is 15.7 Å². The SMILES string of the molecule is I.NC(=NCc1ccc(O)c(F)c1)N1CCCCC1. The first-order valence-electron chi connectivity index (χ1n) is 6.19. The van der Waals surface area contributed by atoms with E-state index in [1.807, 2.05) is 0 Å². The first-order chi connectivity index (χ1) is 8.66. The number of phenolic OH excluding ortho intramolecular Hbond substituents is 1. The lowest BCUT2D eigenvalue weighted by atomic mass is 10.1. The van der Waals surface area contributed by atoms with E-state index in [2.05, 4.69) is 9.89 Å². The number of phenols is 1. The van der Waals surface area contributed by atoms with Crippen LogP contribution in [0.15, 0.2) is 23.2 Å². The molecule has 1 saturated heterocycles. The van der Waals surface area contributed by atoms with Crippen molar-refractivity contribution in [3.63, 3.8) is 0 Å². The molecule has 0 aliphatic carbocycles. The van der Waals surface area contributed by atoms with Crippen LogP contribution in [-0.2, 0) is 6.54 Å². The standard InChI is InChI=1S/C13H18FN3O.HI/c14-11-8-10(4-5-12(11)18)9-16-13(15)17-6-2-1-3-7-17;/h4-5,8,18H,1-3,6-7,9H2,(H2,15,16);1H. The average Bonchev–Trinajstić information content (AvgIpc) is 2.41. The molecule has 0 unspecified atom stereocenters. The molecular weight excluding hydrogens is 360 g/mol. The van der Waals surface area contributed by atoms with Crippen LogP contribution in [0.1, 0.15) is 24.8 Å². The number of nitrogens with zero attached hydrogens (tertiary/aromatic N) is 2. The normalized spacial score (nSPS) is 16.1. The Labute approximate surface area is 129 Å². The van der Waals surface area contributed by atoms with Gasteiger partial charge in [0.05, 0.1) is 6.54 Å². The molecule has 0 spiro atoms. The minimum Gasteiger partial charge on any atom is -0.505 e. The van der Waals surface area contributed by atoms with Crippen LogP contribution in [0.4, 0.5) is 4.39 Å². The van der Waals surface area contributed by atoms with E-state index in [1.165, 1.54) is 18.6 Å². The highest BCUT2D eigenvalue weighted by atomic mass is 127. The summed E-state index contributed by atoms with van der Waals surface area (Å²) in [7, 11) is 0. The molecule has 19 heavy (non-hydrogen) atoms. The number of aliphatic imine (C=N–C) groups is 1. The maximum atomic E-state index is 13.1. The van der Waals surface area contributed by atoms with E-state index in [9.17, 15) is 4.39 Å². The van der Waals surface area contributed by atoms with E-state index < -0.39 is 5.82 Å². The number of piperidine rings is 1. The third-order valence-electron chi connectivity index (χ3n) is 3.12. The molecule has 1 aliphatic rings. The van der Waals surface area contributed by atoms with Crippen molar-refractivity contribution >= 4 is 29.9 Å². The lowest BCUT2D eigenvalue weighted by molar-refractivity contribution is 0.338. The fourth-order valence-electron chi connectivity index (χ4n) is 2.04. The van der Waals surface area contributed by atoms with Gasteiger partial charge in [-0.15, -0.1) is 24.0 Å². The molecule has 1 aromatic carbocycles. The van der Waals surface area contributed by atoms with Crippen molar-refractivity contribution in [1.29, 1.82) is 0 Å². The summed E-state index contributed by atoms with van der Waals surface area (Å²) in [5, 5.41) is 9.08. The van der Waals surface area contributed by atoms with Crippen molar-refractivity contribution in [3.05, 3.63) is 29.6 Å². The van der Waals surface area contributed by atoms with E-state index in [-0.39, 0.29) is 29.7 Å². The average molecular weight is 379 g/mol. The number of guanidine groups is 1. The zero-order chi connectivity index (χ0) is 13.0. The van der Waals surface area contributed by atoms with Crippen molar-refractivity contribution in [2.45, 2.75) is 25.8 Å². The van der Waals surface area contributed by atoms with Gasteiger partial charge >= 0.3 is 0 Å². The molecule has 1 fully saturated rings. The third kappa shape index (κ3) is 4.52. The van der Waals surface area contributed by atoms with Crippen LogP contribution in [0.2, 0.25) is 0 Å². The predicted molar refractivity (Wildman–Crippen MR) is 84.2 cm³/mol. The summed E-state index contributed by atoms with van der Waals surface area (Å²) in [4.78, 5) is 6.32. The minimum absolute atomic E-state index is 0. The Bertz CT molecular complexity index is 448. The fourth-order valence-corrected chi connectivity index (χ4v) is 2.04. The number of rotatable bonds is 2. The van der Waals surface area contributed by atoms with Crippen molar-refractivity contribution < 1.29 is 9.50 Å². The maximum Gasteiger partial charge on any atom is 0.191 e. The molecule has 6 heteroatoms. The Kier molecular flexibility index (Phi) is 6.33. The van der Waals surface area contributed by atoms with Gasteiger partial charge in [-0.05, 0) is 37.0 Å². The molecule has 1 heterocycles. The topological polar surface area (TPSA) is 61.9 Å². The quantitative estimate of drug-likeness (QED) is 0.472. The molecule has 4 nitrogen and oxygen atoms in total. The van der Waals surface area contributed by atoms with Gasteiger partial charge in [-0.1, -0.05) is 6.07 Å². The van der Waals surface area contributed by atoms with E-state index in [0.29, 0.717) is 18.1 Å². The molecule has 0 amide bonds. The Morgan fingerprint density at radius 3 is 2.63 bits per heavy atom. The Morgan fingerprint density at radius 2 is 2.00 bits per heavy atom. The van der Waals surface area contributed by atoms with E-state index in [4.69, 9.17) is 10.8 Å². The second-order valence-electron chi connectivity index (χ2n) is 4.51. The van der Waals surface area contributed by atoms with Gasteiger partial charge in [0.1, 0.15) is 0 Å². The van der Waals surface area contributed by atoms with Gasteiger partial charge in [0.25, 0.3) is 0 Å². The fraction of sp³-hybridized carbons (Fsp3) is 0.462. The maximum absolute atomic E-state index is 13.1. The highest BCUT2D eigenvalue weighted by molar-refractivity contribution is 14.0. The molecule has 0 atom stereocenters. The summed E-state index contributed by atoms with van der Waals surface area (Å²) in [5.41, 5.74) is 6.60. The summed E-state index contributed by atoms with van der Waals surface area (Å²) >= 11 is 0. The van der Waals surface area contributed by atoms with Crippen LogP contribution in [0.5, 0.6) is 5.75 Å². The van der Waals surface area contributed by atoms with Gasteiger partial charge in [0.15, 0.2) is 17.5 Å². The molecule has 2 rings (SSSR count). The number of likely N-dealkylation sites (tertiary alicyclic amines) is 1. The van der Waals surface area contributed by atoms with Crippen LogP contribution in [0.25, 0.3) is 0 Å².